The topological polar surface area (TPSA) is 237 Å². The molecule has 0 saturated heterocycles. The highest BCUT2D eigenvalue weighted by Crippen LogP contribution is 2.45. The van der Waals surface area contributed by atoms with E-state index in [4.69, 9.17) is 37.0 Å². The van der Waals surface area contributed by atoms with Gasteiger partial charge in [0, 0.05) is 25.7 Å². The second-order valence-electron chi connectivity index (χ2n) is 27.3. The average molecular weight is 1330 g/mol. The number of unbranched alkanes of at least 4 members (excludes halogenated alkanes) is 33. The van der Waals surface area contributed by atoms with E-state index in [1.54, 1.807) is 0 Å². The lowest BCUT2D eigenvalue weighted by atomic mass is 10.00. The normalized spacial score (nSPS) is 14.6. The number of carbonyl (C=O) groups excluding carboxylic acids is 4. The Morgan fingerprint density at radius 3 is 0.789 bits per heavy atom. The first-order valence-corrected chi connectivity index (χ1v) is 39.7. The van der Waals surface area contributed by atoms with Crippen LogP contribution in [0.1, 0.15) is 351 Å². The molecule has 0 aromatic carbocycles. The van der Waals surface area contributed by atoms with Gasteiger partial charge in [-0.3, -0.25) is 37.3 Å². The third-order valence-corrected chi connectivity index (χ3v) is 18.6. The fraction of sp³-hybridized carbons (Fsp3) is 0.944. The predicted octanol–water partition coefficient (Wildman–Crippen LogP) is 20.1. The van der Waals surface area contributed by atoms with Crippen LogP contribution in [0.2, 0.25) is 0 Å². The summed E-state index contributed by atoms with van der Waals surface area (Å²) in [5, 5.41) is 10.6. The van der Waals surface area contributed by atoms with Crippen LogP contribution in [0.15, 0.2) is 0 Å². The van der Waals surface area contributed by atoms with Crippen LogP contribution < -0.4 is 0 Å². The van der Waals surface area contributed by atoms with E-state index in [0.717, 1.165) is 114 Å². The van der Waals surface area contributed by atoms with Crippen LogP contribution in [0.3, 0.4) is 0 Å². The number of rotatable bonds is 68. The fourth-order valence-corrected chi connectivity index (χ4v) is 12.2. The molecule has 3 unspecified atom stereocenters. The van der Waals surface area contributed by atoms with E-state index in [1.807, 2.05) is 0 Å². The number of aliphatic hydroxyl groups is 1. The van der Waals surface area contributed by atoms with E-state index in [1.165, 1.54) is 148 Å². The molecule has 0 aromatic rings. The Balaban J connectivity index is 5.23. The minimum atomic E-state index is -4.95. The maximum absolute atomic E-state index is 13.0. The number of carbonyl (C=O) groups is 4. The Morgan fingerprint density at radius 1 is 0.311 bits per heavy atom. The molecule has 534 valence electrons. The number of esters is 4. The molecule has 0 spiro atoms. The highest BCUT2D eigenvalue weighted by Gasteiger charge is 2.30. The molecular weight excluding hydrogens is 1190 g/mol. The zero-order valence-corrected chi connectivity index (χ0v) is 60.6. The van der Waals surface area contributed by atoms with Crippen LogP contribution in [-0.4, -0.2) is 96.7 Å². The molecule has 0 aromatic heterocycles. The molecule has 0 amide bonds. The maximum atomic E-state index is 13.0. The summed E-state index contributed by atoms with van der Waals surface area (Å²) < 4.78 is 68.3. The fourth-order valence-electron chi connectivity index (χ4n) is 10.6. The number of hydrogen-bond donors (Lipinski definition) is 3. The molecule has 0 radical (unpaired) electrons. The lowest BCUT2D eigenvalue weighted by Crippen LogP contribution is -2.30. The Kier molecular flexibility index (Phi) is 59.4. The van der Waals surface area contributed by atoms with Gasteiger partial charge >= 0.3 is 39.5 Å². The van der Waals surface area contributed by atoms with Crippen molar-refractivity contribution in [3.05, 3.63) is 0 Å². The van der Waals surface area contributed by atoms with Gasteiger partial charge in [0.25, 0.3) is 0 Å². The highest BCUT2D eigenvalue weighted by atomic mass is 31.2. The van der Waals surface area contributed by atoms with Crippen molar-refractivity contribution in [1.29, 1.82) is 0 Å². The molecule has 0 aliphatic carbocycles. The van der Waals surface area contributed by atoms with Crippen molar-refractivity contribution in [2.45, 2.75) is 369 Å². The smallest absolute Gasteiger partial charge is 0.462 e. The summed E-state index contributed by atoms with van der Waals surface area (Å²) in [5.74, 6) is 0.842. The minimum Gasteiger partial charge on any atom is -0.462 e. The third-order valence-electron chi connectivity index (χ3n) is 16.7. The number of phosphoric ester groups is 2. The number of phosphoric acid groups is 2. The molecule has 3 N–H and O–H groups in total. The zero-order chi connectivity index (χ0) is 66.8. The monoisotopic (exact) mass is 1320 g/mol. The molecule has 0 aliphatic rings. The van der Waals surface area contributed by atoms with Gasteiger partial charge in [0.2, 0.25) is 0 Å². The van der Waals surface area contributed by atoms with Crippen molar-refractivity contribution in [3.63, 3.8) is 0 Å². The quantitative estimate of drug-likeness (QED) is 0.0222. The standard InChI is InChI=1S/C71H138O17P2/c1-9-64(8)50-42-34-29-30-36-44-52-69(74)82-58-67(88-71(76)54-46-38-28-22-25-33-41-49-63(6)7)60-86-90(79,80)84-56-65(72)55-83-89(77,78)85-59-66(57-81-68(73)51-43-35-26-21-17-19-24-32-40-48-62(4)5)87-70(75)53-45-37-27-20-16-14-12-10-11-13-15-18-23-31-39-47-61(2)3/h61-67,72H,9-60H2,1-8H3,(H,77,78)(H,79,80)/t64?,65-,66-,67-/m1/s1. The van der Waals surface area contributed by atoms with Gasteiger partial charge in [0.1, 0.15) is 19.3 Å². The SMILES string of the molecule is CCC(C)CCCCCCCCC(=O)OC[C@H](COP(=O)(O)OC[C@H](O)COP(=O)(O)OC[C@@H](COC(=O)CCCCCCCCCCCC(C)C)OC(=O)CCCCCCCCCCCCCCCCCC(C)C)OC(=O)CCCCCCCCCC(C)C. The first kappa shape index (κ1) is 88.1. The van der Waals surface area contributed by atoms with Gasteiger partial charge < -0.3 is 33.8 Å². The predicted molar refractivity (Wildman–Crippen MR) is 363 cm³/mol. The number of aliphatic hydroxyl groups excluding tert-OH is 1. The Bertz CT molecular complexity index is 1780. The van der Waals surface area contributed by atoms with Gasteiger partial charge in [-0.05, 0) is 49.4 Å². The molecule has 0 bridgehead atoms. The molecule has 0 aliphatic heterocycles. The van der Waals surface area contributed by atoms with E-state index in [9.17, 15) is 43.2 Å². The van der Waals surface area contributed by atoms with Crippen molar-refractivity contribution in [2.75, 3.05) is 39.6 Å². The Labute approximate surface area is 549 Å². The van der Waals surface area contributed by atoms with Crippen molar-refractivity contribution < 1.29 is 80.2 Å². The summed E-state index contributed by atoms with van der Waals surface area (Å²) in [6.45, 7) is 14.1. The van der Waals surface area contributed by atoms with Crippen LogP contribution in [0, 0.1) is 23.7 Å². The third kappa shape index (κ3) is 63.5. The second-order valence-corrected chi connectivity index (χ2v) is 30.2. The molecule has 17 nitrogen and oxygen atoms in total. The molecule has 0 saturated carbocycles. The van der Waals surface area contributed by atoms with Gasteiger partial charge in [-0.2, -0.15) is 0 Å². The Morgan fingerprint density at radius 2 is 0.533 bits per heavy atom. The minimum absolute atomic E-state index is 0.102. The molecule has 6 atom stereocenters. The first-order chi connectivity index (χ1) is 43.1. The van der Waals surface area contributed by atoms with E-state index < -0.39 is 97.5 Å². The number of ether oxygens (including phenoxy) is 4. The molecule has 90 heavy (non-hydrogen) atoms. The van der Waals surface area contributed by atoms with Gasteiger partial charge in [0.15, 0.2) is 12.2 Å². The van der Waals surface area contributed by atoms with E-state index in [-0.39, 0.29) is 25.7 Å². The lowest BCUT2D eigenvalue weighted by molar-refractivity contribution is -0.161. The van der Waals surface area contributed by atoms with Crippen molar-refractivity contribution >= 4 is 39.5 Å². The van der Waals surface area contributed by atoms with Gasteiger partial charge in [0.05, 0.1) is 26.4 Å². The van der Waals surface area contributed by atoms with E-state index in [0.29, 0.717) is 31.6 Å². The zero-order valence-electron chi connectivity index (χ0n) is 58.8. The van der Waals surface area contributed by atoms with Crippen molar-refractivity contribution in [1.82, 2.24) is 0 Å². The molecule has 19 heteroatoms. The average Bonchev–Trinajstić information content (AvgIpc) is 2.86. The second kappa shape index (κ2) is 60.7. The Hall–Kier alpha value is -1.94. The molecule has 0 heterocycles. The van der Waals surface area contributed by atoms with E-state index in [2.05, 4.69) is 55.4 Å². The highest BCUT2D eigenvalue weighted by molar-refractivity contribution is 7.47. The maximum Gasteiger partial charge on any atom is 0.472 e. The molecule has 0 rings (SSSR count). The van der Waals surface area contributed by atoms with Crippen molar-refractivity contribution in [2.24, 2.45) is 23.7 Å². The summed E-state index contributed by atoms with van der Waals surface area (Å²) in [6, 6.07) is 0. The summed E-state index contributed by atoms with van der Waals surface area (Å²) in [5.41, 5.74) is 0. The van der Waals surface area contributed by atoms with Gasteiger partial charge in [-0.25, -0.2) is 9.13 Å². The summed E-state index contributed by atoms with van der Waals surface area (Å²) in [4.78, 5) is 72.5. The van der Waals surface area contributed by atoms with Crippen LogP contribution in [0.25, 0.3) is 0 Å². The molecule has 0 fully saturated rings. The van der Waals surface area contributed by atoms with Crippen LogP contribution in [0.5, 0.6) is 0 Å². The summed E-state index contributed by atoms with van der Waals surface area (Å²) in [6.07, 6.45) is 43.2. The van der Waals surface area contributed by atoms with Crippen LogP contribution in [-0.2, 0) is 65.4 Å². The van der Waals surface area contributed by atoms with E-state index >= 15 is 0 Å². The summed E-state index contributed by atoms with van der Waals surface area (Å²) >= 11 is 0. The summed E-state index contributed by atoms with van der Waals surface area (Å²) in [7, 11) is -9.90. The van der Waals surface area contributed by atoms with Gasteiger partial charge in [-0.1, -0.05) is 299 Å². The van der Waals surface area contributed by atoms with Crippen LogP contribution in [0.4, 0.5) is 0 Å². The van der Waals surface area contributed by atoms with Crippen molar-refractivity contribution in [3.8, 4) is 0 Å². The largest absolute Gasteiger partial charge is 0.472 e. The van der Waals surface area contributed by atoms with Gasteiger partial charge in [-0.15, -0.1) is 0 Å². The lowest BCUT2D eigenvalue weighted by Gasteiger charge is -2.21. The number of hydrogen-bond acceptors (Lipinski definition) is 15. The molecular formula is C71H138O17P2. The first-order valence-electron chi connectivity index (χ1n) is 36.7. The van der Waals surface area contributed by atoms with Crippen LogP contribution >= 0.6 is 15.6 Å².